The predicted molar refractivity (Wildman–Crippen MR) is 75.3 cm³/mol. The Bertz CT molecular complexity index is 411. The quantitative estimate of drug-likeness (QED) is 0.766. The van der Waals surface area contributed by atoms with E-state index in [1.807, 2.05) is 0 Å². The van der Waals surface area contributed by atoms with Gasteiger partial charge in [0.1, 0.15) is 5.75 Å². The van der Waals surface area contributed by atoms with Crippen LogP contribution in [0.3, 0.4) is 0 Å². The summed E-state index contributed by atoms with van der Waals surface area (Å²) >= 11 is 3.41. The Labute approximate surface area is 112 Å². The first kappa shape index (κ1) is 12.9. The van der Waals surface area contributed by atoms with E-state index < -0.39 is 0 Å². The van der Waals surface area contributed by atoms with Gasteiger partial charge in [-0.2, -0.15) is 0 Å². The van der Waals surface area contributed by atoms with E-state index in [0.29, 0.717) is 17.1 Å². The SMILES string of the molecule is CC1CC(c2ccc(O)c(Br)c2)CC(C)(C)C1. The Kier molecular flexibility index (Phi) is 3.53. The molecule has 0 amide bonds. The van der Waals surface area contributed by atoms with E-state index in [1.165, 1.54) is 24.8 Å². The summed E-state index contributed by atoms with van der Waals surface area (Å²) < 4.78 is 0.811. The van der Waals surface area contributed by atoms with Crippen molar-refractivity contribution in [2.45, 2.75) is 46.0 Å². The topological polar surface area (TPSA) is 20.2 Å². The maximum atomic E-state index is 9.55. The second-order valence-corrected chi connectivity index (χ2v) is 7.18. The van der Waals surface area contributed by atoms with Gasteiger partial charge in [0.25, 0.3) is 0 Å². The number of rotatable bonds is 1. The van der Waals surface area contributed by atoms with Crippen LogP contribution in [0, 0.1) is 11.3 Å². The van der Waals surface area contributed by atoms with E-state index in [9.17, 15) is 5.11 Å². The zero-order chi connectivity index (χ0) is 12.6. The molecule has 1 aliphatic rings. The van der Waals surface area contributed by atoms with Gasteiger partial charge in [-0.3, -0.25) is 0 Å². The lowest BCUT2D eigenvalue weighted by Gasteiger charge is -2.39. The normalized spacial score (nSPS) is 28.0. The molecule has 1 saturated carbocycles. The van der Waals surface area contributed by atoms with E-state index in [2.05, 4.69) is 48.8 Å². The van der Waals surface area contributed by atoms with Crippen LogP contribution in [0.1, 0.15) is 51.5 Å². The molecule has 1 aliphatic carbocycles. The fraction of sp³-hybridized carbons (Fsp3) is 0.600. The van der Waals surface area contributed by atoms with Crippen LogP contribution in [0.2, 0.25) is 0 Å². The molecule has 0 heterocycles. The molecule has 0 saturated heterocycles. The standard InChI is InChI=1S/C15H21BrO/c1-10-6-12(9-15(2,3)8-10)11-4-5-14(17)13(16)7-11/h4-5,7,10,12,17H,6,8-9H2,1-3H3. The van der Waals surface area contributed by atoms with E-state index >= 15 is 0 Å². The lowest BCUT2D eigenvalue weighted by Crippen LogP contribution is -2.26. The van der Waals surface area contributed by atoms with Gasteiger partial charge in [-0.05, 0) is 70.1 Å². The molecule has 17 heavy (non-hydrogen) atoms. The molecule has 1 aromatic carbocycles. The minimum absolute atomic E-state index is 0.330. The lowest BCUT2D eigenvalue weighted by atomic mass is 9.66. The number of hydrogen-bond donors (Lipinski definition) is 1. The smallest absolute Gasteiger partial charge is 0.129 e. The summed E-state index contributed by atoms with van der Waals surface area (Å²) in [6.45, 7) is 7.08. The van der Waals surface area contributed by atoms with Crippen molar-refractivity contribution in [1.29, 1.82) is 0 Å². The molecule has 2 rings (SSSR count). The van der Waals surface area contributed by atoms with E-state index in [1.54, 1.807) is 6.07 Å². The molecule has 0 bridgehead atoms. The summed E-state index contributed by atoms with van der Waals surface area (Å²) in [5.41, 5.74) is 1.79. The molecular weight excluding hydrogens is 276 g/mol. The number of halogens is 1. The third-order valence-corrected chi connectivity index (χ3v) is 4.47. The average Bonchev–Trinajstić information content (AvgIpc) is 2.19. The highest BCUT2D eigenvalue weighted by Crippen LogP contribution is 2.46. The van der Waals surface area contributed by atoms with Crippen LogP contribution < -0.4 is 0 Å². The number of phenols is 1. The maximum absolute atomic E-state index is 9.55. The van der Waals surface area contributed by atoms with Crippen LogP contribution in [-0.2, 0) is 0 Å². The van der Waals surface area contributed by atoms with Crippen molar-refractivity contribution >= 4 is 15.9 Å². The van der Waals surface area contributed by atoms with Crippen LogP contribution in [0.5, 0.6) is 5.75 Å². The first-order valence-corrected chi connectivity index (χ1v) is 7.15. The molecule has 94 valence electrons. The van der Waals surface area contributed by atoms with Gasteiger partial charge in [-0.25, -0.2) is 0 Å². The van der Waals surface area contributed by atoms with Gasteiger partial charge in [0, 0.05) is 0 Å². The van der Waals surface area contributed by atoms with Crippen molar-refractivity contribution in [1.82, 2.24) is 0 Å². The molecule has 1 N–H and O–H groups in total. The van der Waals surface area contributed by atoms with Crippen molar-refractivity contribution in [2.75, 3.05) is 0 Å². The molecule has 0 aliphatic heterocycles. The van der Waals surface area contributed by atoms with E-state index in [4.69, 9.17) is 0 Å². The number of hydrogen-bond acceptors (Lipinski definition) is 1. The fourth-order valence-electron chi connectivity index (χ4n) is 3.38. The van der Waals surface area contributed by atoms with Crippen LogP contribution in [0.4, 0.5) is 0 Å². The number of benzene rings is 1. The Morgan fingerprint density at radius 1 is 1.29 bits per heavy atom. The Morgan fingerprint density at radius 3 is 2.59 bits per heavy atom. The van der Waals surface area contributed by atoms with Crippen LogP contribution in [0.15, 0.2) is 22.7 Å². The number of aromatic hydroxyl groups is 1. The maximum Gasteiger partial charge on any atom is 0.129 e. The molecule has 0 radical (unpaired) electrons. The largest absolute Gasteiger partial charge is 0.507 e. The molecule has 1 nitrogen and oxygen atoms in total. The lowest BCUT2D eigenvalue weighted by molar-refractivity contribution is 0.168. The Balaban J connectivity index is 2.24. The highest BCUT2D eigenvalue weighted by Gasteiger charge is 2.32. The Morgan fingerprint density at radius 2 is 2.00 bits per heavy atom. The Hall–Kier alpha value is -0.500. The minimum atomic E-state index is 0.330. The molecule has 2 heteroatoms. The molecule has 0 aromatic heterocycles. The van der Waals surface area contributed by atoms with Gasteiger partial charge in [-0.1, -0.05) is 26.8 Å². The second-order valence-electron chi connectivity index (χ2n) is 6.32. The third-order valence-electron chi connectivity index (χ3n) is 3.83. The highest BCUT2D eigenvalue weighted by atomic mass is 79.9. The van der Waals surface area contributed by atoms with E-state index in [0.717, 1.165) is 10.4 Å². The predicted octanol–water partition coefficient (Wildman–Crippen LogP) is 5.08. The second kappa shape index (κ2) is 4.64. The first-order chi connectivity index (χ1) is 7.87. The summed E-state index contributed by atoms with van der Waals surface area (Å²) in [7, 11) is 0. The van der Waals surface area contributed by atoms with Crippen molar-refractivity contribution in [2.24, 2.45) is 11.3 Å². The highest BCUT2D eigenvalue weighted by molar-refractivity contribution is 9.10. The molecular formula is C15H21BrO. The van der Waals surface area contributed by atoms with Gasteiger partial charge in [-0.15, -0.1) is 0 Å². The molecule has 2 atom stereocenters. The van der Waals surface area contributed by atoms with Crippen molar-refractivity contribution in [3.63, 3.8) is 0 Å². The van der Waals surface area contributed by atoms with Gasteiger partial charge in [0.2, 0.25) is 0 Å². The summed E-state index contributed by atoms with van der Waals surface area (Å²) in [6.07, 6.45) is 3.83. The monoisotopic (exact) mass is 296 g/mol. The summed E-state index contributed by atoms with van der Waals surface area (Å²) in [4.78, 5) is 0. The molecule has 1 fully saturated rings. The summed E-state index contributed by atoms with van der Waals surface area (Å²) in [5, 5.41) is 9.55. The molecule has 1 aromatic rings. The van der Waals surface area contributed by atoms with Gasteiger partial charge < -0.3 is 5.11 Å². The zero-order valence-corrected chi connectivity index (χ0v) is 12.4. The number of phenolic OH excluding ortho intramolecular Hbond substituents is 1. The molecule has 0 spiro atoms. The minimum Gasteiger partial charge on any atom is -0.507 e. The van der Waals surface area contributed by atoms with Crippen molar-refractivity contribution in [3.05, 3.63) is 28.2 Å². The van der Waals surface area contributed by atoms with Gasteiger partial charge in [0.15, 0.2) is 0 Å². The summed E-state index contributed by atoms with van der Waals surface area (Å²) in [5.74, 6) is 1.75. The zero-order valence-electron chi connectivity index (χ0n) is 10.8. The van der Waals surface area contributed by atoms with Crippen LogP contribution in [0.25, 0.3) is 0 Å². The van der Waals surface area contributed by atoms with Gasteiger partial charge in [0.05, 0.1) is 4.47 Å². The van der Waals surface area contributed by atoms with Crippen LogP contribution in [-0.4, -0.2) is 5.11 Å². The van der Waals surface area contributed by atoms with Crippen molar-refractivity contribution in [3.8, 4) is 5.75 Å². The van der Waals surface area contributed by atoms with Crippen LogP contribution >= 0.6 is 15.9 Å². The van der Waals surface area contributed by atoms with E-state index in [-0.39, 0.29) is 0 Å². The fourth-order valence-corrected chi connectivity index (χ4v) is 3.77. The van der Waals surface area contributed by atoms with Gasteiger partial charge >= 0.3 is 0 Å². The average molecular weight is 297 g/mol. The van der Waals surface area contributed by atoms with Crippen molar-refractivity contribution < 1.29 is 5.11 Å². The molecule has 2 unspecified atom stereocenters. The third kappa shape index (κ3) is 3.04. The first-order valence-electron chi connectivity index (χ1n) is 6.36. The summed E-state index contributed by atoms with van der Waals surface area (Å²) in [6, 6.07) is 5.94.